The van der Waals surface area contributed by atoms with Crippen molar-refractivity contribution in [3.8, 4) is 17.0 Å². The summed E-state index contributed by atoms with van der Waals surface area (Å²) in [6, 6.07) is 18.2. The number of hydrogen-bond donors (Lipinski definition) is 1. The van der Waals surface area contributed by atoms with E-state index in [1.54, 1.807) is 44.4 Å². The molecule has 0 aliphatic heterocycles. The molecule has 0 bridgehead atoms. The normalized spacial score (nSPS) is 11.5. The smallest absolute Gasteiger partial charge is 0.340 e. The summed E-state index contributed by atoms with van der Waals surface area (Å²) >= 11 is 0. The highest BCUT2D eigenvalue weighted by Crippen LogP contribution is 2.28. The largest absolute Gasteiger partial charge is 0.496 e. The first-order chi connectivity index (χ1) is 12.7. The van der Waals surface area contributed by atoms with Gasteiger partial charge in [0, 0.05) is 11.6 Å². The molecule has 1 heterocycles. The van der Waals surface area contributed by atoms with Crippen LogP contribution in [0.25, 0.3) is 11.3 Å². The lowest BCUT2D eigenvalue weighted by molar-refractivity contribution is 0.0393. The van der Waals surface area contributed by atoms with Crippen molar-refractivity contribution >= 4 is 11.8 Å². The second-order valence-electron chi connectivity index (χ2n) is 5.55. The Kier molecular flexibility index (Phi) is 5.43. The Morgan fingerprint density at radius 3 is 2.54 bits per heavy atom. The highest BCUT2D eigenvalue weighted by atomic mass is 16.6. The summed E-state index contributed by atoms with van der Waals surface area (Å²) in [6.45, 7) is 1.74. The van der Waals surface area contributed by atoms with Crippen LogP contribution in [-0.4, -0.2) is 29.3 Å². The molecule has 0 amide bonds. The molecule has 0 saturated heterocycles. The predicted molar refractivity (Wildman–Crippen MR) is 99.0 cm³/mol. The molecule has 2 aromatic carbocycles. The van der Waals surface area contributed by atoms with E-state index in [1.807, 2.05) is 30.3 Å². The molecule has 1 atom stereocenters. The van der Waals surface area contributed by atoms with Crippen molar-refractivity contribution in [2.75, 3.05) is 12.4 Å². The number of methoxy groups -OCH3 is 1. The highest BCUT2D eigenvalue weighted by Gasteiger charge is 2.13. The van der Waals surface area contributed by atoms with Gasteiger partial charge in [-0.2, -0.15) is 0 Å². The third-order valence-corrected chi connectivity index (χ3v) is 3.69. The molecule has 26 heavy (non-hydrogen) atoms. The number of hydrogen-bond acceptors (Lipinski definition) is 6. The van der Waals surface area contributed by atoms with E-state index in [2.05, 4.69) is 15.3 Å². The average Bonchev–Trinajstić information content (AvgIpc) is 2.68. The molecule has 0 fully saturated rings. The molecule has 0 radical (unpaired) electrons. The lowest BCUT2D eigenvalue weighted by Gasteiger charge is -2.16. The van der Waals surface area contributed by atoms with Crippen LogP contribution in [0.3, 0.4) is 0 Å². The SMILES string of the molecule is COc1ccccc1-c1cc(NC(C)OC(=O)c2ccccc2)ncn1. The summed E-state index contributed by atoms with van der Waals surface area (Å²) in [7, 11) is 1.62. The molecule has 0 aliphatic carbocycles. The summed E-state index contributed by atoms with van der Waals surface area (Å²) in [5, 5.41) is 3.06. The highest BCUT2D eigenvalue weighted by molar-refractivity contribution is 5.89. The molecule has 6 nitrogen and oxygen atoms in total. The minimum Gasteiger partial charge on any atom is -0.496 e. The quantitative estimate of drug-likeness (QED) is 0.539. The van der Waals surface area contributed by atoms with Crippen LogP contribution in [0.5, 0.6) is 5.75 Å². The Hall–Kier alpha value is -3.41. The van der Waals surface area contributed by atoms with Crippen molar-refractivity contribution in [1.82, 2.24) is 9.97 Å². The number of nitrogens with zero attached hydrogens (tertiary/aromatic N) is 2. The first-order valence-corrected chi connectivity index (χ1v) is 8.15. The van der Waals surface area contributed by atoms with Crippen LogP contribution < -0.4 is 10.1 Å². The van der Waals surface area contributed by atoms with Crippen LogP contribution in [0, 0.1) is 0 Å². The van der Waals surface area contributed by atoms with E-state index in [1.165, 1.54) is 6.33 Å². The lowest BCUT2D eigenvalue weighted by Crippen LogP contribution is -2.23. The third kappa shape index (κ3) is 4.16. The molecule has 3 aromatic rings. The second kappa shape index (κ2) is 8.11. The van der Waals surface area contributed by atoms with Gasteiger partial charge in [-0.1, -0.05) is 30.3 Å². The summed E-state index contributed by atoms with van der Waals surface area (Å²) in [6.07, 6.45) is 0.902. The molecule has 0 spiro atoms. The van der Waals surface area contributed by atoms with Crippen molar-refractivity contribution < 1.29 is 14.3 Å². The van der Waals surface area contributed by atoms with Crippen LogP contribution in [0.15, 0.2) is 67.0 Å². The van der Waals surface area contributed by atoms with Gasteiger partial charge in [0.25, 0.3) is 0 Å². The molecule has 0 aliphatic rings. The second-order valence-corrected chi connectivity index (χ2v) is 5.55. The van der Waals surface area contributed by atoms with Gasteiger partial charge in [0.1, 0.15) is 17.9 Å². The van der Waals surface area contributed by atoms with Gasteiger partial charge in [0.05, 0.1) is 18.4 Å². The molecular weight excluding hydrogens is 330 g/mol. The first-order valence-electron chi connectivity index (χ1n) is 8.15. The van der Waals surface area contributed by atoms with Crippen molar-refractivity contribution in [3.05, 3.63) is 72.6 Å². The lowest BCUT2D eigenvalue weighted by atomic mass is 10.1. The zero-order chi connectivity index (χ0) is 18.4. The Morgan fingerprint density at radius 2 is 1.77 bits per heavy atom. The van der Waals surface area contributed by atoms with Gasteiger partial charge in [-0.15, -0.1) is 0 Å². The Bertz CT molecular complexity index is 884. The van der Waals surface area contributed by atoms with Crippen molar-refractivity contribution in [3.63, 3.8) is 0 Å². The zero-order valence-electron chi connectivity index (χ0n) is 14.5. The molecule has 1 unspecified atom stereocenters. The predicted octanol–water partition coefficient (Wildman–Crippen LogP) is 3.77. The Labute approximate surface area is 151 Å². The third-order valence-electron chi connectivity index (χ3n) is 3.69. The van der Waals surface area contributed by atoms with E-state index in [0.29, 0.717) is 17.1 Å². The first kappa shape index (κ1) is 17.4. The summed E-state index contributed by atoms with van der Waals surface area (Å²) in [4.78, 5) is 20.6. The molecule has 6 heteroatoms. The zero-order valence-corrected chi connectivity index (χ0v) is 14.5. The van der Waals surface area contributed by atoms with E-state index in [0.717, 1.165) is 11.3 Å². The number of aromatic nitrogens is 2. The van der Waals surface area contributed by atoms with Crippen LogP contribution >= 0.6 is 0 Å². The fourth-order valence-electron chi connectivity index (χ4n) is 2.48. The fourth-order valence-corrected chi connectivity index (χ4v) is 2.48. The van der Waals surface area contributed by atoms with E-state index < -0.39 is 12.2 Å². The number of ether oxygens (including phenoxy) is 2. The van der Waals surface area contributed by atoms with Crippen LogP contribution in [0.1, 0.15) is 17.3 Å². The van der Waals surface area contributed by atoms with E-state index in [-0.39, 0.29) is 0 Å². The number of carbonyl (C=O) groups excluding carboxylic acids is 1. The number of esters is 1. The van der Waals surface area contributed by atoms with Gasteiger partial charge in [0.2, 0.25) is 0 Å². The van der Waals surface area contributed by atoms with E-state index in [4.69, 9.17) is 9.47 Å². The van der Waals surface area contributed by atoms with Crippen molar-refractivity contribution in [1.29, 1.82) is 0 Å². The molecular formula is C20H19N3O3. The molecule has 3 rings (SSSR count). The summed E-state index contributed by atoms with van der Waals surface area (Å²) in [5.41, 5.74) is 2.06. The van der Waals surface area contributed by atoms with Gasteiger partial charge >= 0.3 is 5.97 Å². The maximum atomic E-state index is 12.1. The standard InChI is InChI=1S/C20H19N3O3/c1-14(26-20(24)15-8-4-3-5-9-15)23-19-12-17(21-13-22-19)16-10-6-7-11-18(16)25-2/h3-14H,1-2H3,(H,21,22,23). The number of rotatable bonds is 6. The summed E-state index contributed by atoms with van der Waals surface area (Å²) < 4.78 is 10.8. The topological polar surface area (TPSA) is 73.3 Å². The summed E-state index contributed by atoms with van der Waals surface area (Å²) in [5.74, 6) is 0.875. The Balaban J connectivity index is 1.71. The van der Waals surface area contributed by atoms with Crippen LogP contribution in [-0.2, 0) is 4.74 Å². The van der Waals surface area contributed by atoms with Gasteiger partial charge in [0.15, 0.2) is 6.23 Å². The molecule has 1 N–H and O–H groups in total. The number of carbonyl (C=O) groups is 1. The molecule has 1 aromatic heterocycles. The van der Waals surface area contributed by atoms with Crippen LogP contribution in [0.2, 0.25) is 0 Å². The molecule has 0 saturated carbocycles. The van der Waals surface area contributed by atoms with Gasteiger partial charge in [-0.25, -0.2) is 14.8 Å². The van der Waals surface area contributed by atoms with Gasteiger partial charge in [-0.3, -0.25) is 0 Å². The van der Waals surface area contributed by atoms with Crippen molar-refractivity contribution in [2.24, 2.45) is 0 Å². The maximum Gasteiger partial charge on any atom is 0.340 e. The minimum absolute atomic E-state index is 0.399. The van der Waals surface area contributed by atoms with E-state index >= 15 is 0 Å². The number of anilines is 1. The number of nitrogens with one attached hydrogen (secondary N) is 1. The minimum atomic E-state index is -0.553. The van der Waals surface area contributed by atoms with Gasteiger partial charge < -0.3 is 14.8 Å². The molecule has 132 valence electrons. The monoisotopic (exact) mass is 349 g/mol. The van der Waals surface area contributed by atoms with E-state index in [9.17, 15) is 4.79 Å². The number of benzene rings is 2. The number of para-hydroxylation sites is 1. The maximum absolute atomic E-state index is 12.1. The van der Waals surface area contributed by atoms with Crippen molar-refractivity contribution in [2.45, 2.75) is 13.2 Å². The Morgan fingerprint density at radius 1 is 1.04 bits per heavy atom. The van der Waals surface area contributed by atoms with Crippen LogP contribution in [0.4, 0.5) is 5.82 Å². The fraction of sp³-hybridized carbons (Fsp3) is 0.150. The average molecular weight is 349 g/mol. The van der Waals surface area contributed by atoms with Gasteiger partial charge in [-0.05, 0) is 31.2 Å².